The molecule has 64 valence electrons. The normalized spacial score (nSPS) is 23.4. The van der Waals surface area contributed by atoms with E-state index in [0.717, 1.165) is 19.6 Å². The zero-order valence-corrected chi connectivity index (χ0v) is 7.48. The molecule has 1 fully saturated rings. The van der Waals surface area contributed by atoms with E-state index in [-0.39, 0.29) is 11.4 Å². The van der Waals surface area contributed by atoms with Crippen molar-refractivity contribution in [3.05, 3.63) is 0 Å². The summed E-state index contributed by atoms with van der Waals surface area (Å²) in [5, 5.41) is 3.35. The Morgan fingerprint density at radius 3 is 2.55 bits per heavy atom. The van der Waals surface area contributed by atoms with Gasteiger partial charge < -0.3 is 10.2 Å². The highest BCUT2D eigenvalue weighted by Crippen LogP contribution is 2.09. The summed E-state index contributed by atoms with van der Waals surface area (Å²) in [7, 11) is 0. The molecule has 0 aromatic rings. The average Bonchev–Trinajstić information content (AvgIpc) is 1.85. The summed E-state index contributed by atoms with van der Waals surface area (Å²) in [6.07, 6.45) is 0. The van der Waals surface area contributed by atoms with E-state index >= 15 is 0 Å². The van der Waals surface area contributed by atoms with Gasteiger partial charge in [0.2, 0.25) is 5.91 Å². The second-order valence-corrected chi connectivity index (χ2v) is 3.75. The fourth-order valence-corrected chi connectivity index (χ4v) is 1.41. The fourth-order valence-electron chi connectivity index (χ4n) is 1.41. The molecule has 0 radical (unpaired) electrons. The van der Waals surface area contributed by atoms with Crippen LogP contribution in [0.2, 0.25) is 0 Å². The molecular weight excluding hydrogens is 140 g/mol. The minimum absolute atomic E-state index is 0.0872. The van der Waals surface area contributed by atoms with Crippen molar-refractivity contribution in [2.75, 3.05) is 19.6 Å². The van der Waals surface area contributed by atoms with Gasteiger partial charge in [-0.2, -0.15) is 0 Å². The molecule has 1 heterocycles. The lowest BCUT2D eigenvalue weighted by atomic mass is 10.0. The van der Waals surface area contributed by atoms with Crippen LogP contribution in [0.1, 0.15) is 20.8 Å². The number of nitrogens with zero attached hydrogens (tertiary/aromatic N) is 1. The Kier molecular flexibility index (Phi) is 2.18. The third kappa shape index (κ3) is 2.19. The highest BCUT2D eigenvalue weighted by molar-refractivity contribution is 5.73. The summed E-state index contributed by atoms with van der Waals surface area (Å²) in [5.74, 6) is 0.180. The second kappa shape index (κ2) is 2.81. The summed E-state index contributed by atoms with van der Waals surface area (Å²) in [6, 6.07) is 0. The zero-order chi connectivity index (χ0) is 8.48. The van der Waals surface area contributed by atoms with Crippen LogP contribution in [0, 0.1) is 0 Å². The highest BCUT2D eigenvalue weighted by atomic mass is 16.2. The van der Waals surface area contributed by atoms with Gasteiger partial charge in [-0.1, -0.05) is 0 Å². The van der Waals surface area contributed by atoms with Crippen molar-refractivity contribution in [2.45, 2.75) is 26.3 Å². The Bertz CT molecular complexity index is 165. The quantitative estimate of drug-likeness (QED) is 0.544. The highest BCUT2D eigenvalue weighted by Gasteiger charge is 2.26. The summed E-state index contributed by atoms with van der Waals surface area (Å²) in [4.78, 5) is 12.9. The van der Waals surface area contributed by atoms with E-state index in [1.165, 1.54) is 0 Å². The molecule has 1 aliphatic heterocycles. The van der Waals surface area contributed by atoms with E-state index in [1.54, 1.807) is 6.92 Å². The number of carbonyl (C=O) groups is 1. The molecule has 0 bridgehead atoms. The number of nitrogens with one attached hydrogen (secondary N) is 1. The van der Waals surface area contributed by atoms with Gasteiger partial charge in [0.05, 0.1) is 0 Å². The van der Waals surface area contributed by atoms with E-state index in [0.29, 0.717) is 0 Å². The Labute approximate surface area is 67.8 Å². The third-order valence-corrected chi connectivity index (χ3v) is 2.02. The number of amides is 1. The zero-order valence-electron chi connectivity index (χ0n) is 7.48. The molecular formula is C8H16N2O. The number of carbonyl (C=O) groups excluding carboxylic acids is 1. The van der Waals surface area contributed by atoms with Crippen molar-refractivity contribution in [3.63, 3.8) is 0 Å². The Balaban J connectivity index is 2.53. The first-order valence-electron chi connectivity index (χ1n) is 4.02. The van der Waals surface area contributed by atoms with Crippen LogP contribution in [0.4, 0.5) is 0 Å². The van der Waals surface area contributed by atoms with E-state index in [1.807, 2.05) is 4.90 Å². The Hall–Kier alpha value is -0.570. The topological polar surface area (TPSA) is 32.3 Å². The first-order valence-corrected chi connectivity index (χ1v) is 4.02. The van der Waals surface area contributed by atoms with Gasteiger partial charge in [0.1, 0.15) is 0 Å². The van der Waals surface area contributed by atoms with E-state index in [9.17, 15) is 4.79 Å². The average molecular weight is 156 g/mol. The molecule has 0 aromatic carbocycles. The maximum Gasteiger partial charge on any atom is 0.219 e. The van der Waals surface area contributed by atoms with Crippen LogP contribution < -0.4 is 5.32 Å². The van der Waals surface area contributed by atoms with E-state index in [2.05, 4.69) is 19.2 Å². The number of hydrogen-bond donors (Lipinski definition) is 1. The molecule has 1 amide bonds. The molecule has 0 saturated carbocycles. The van der Waals surface area contributed by atoms with Gasteiger partial charge in [-0.05, 0) is 13.8 Å². The summed E-state index contributed by atoms with van der Waals surface area (Å²) in [6.45, 7) is 8.43. The Morgan fingerprint density at radius 1 is 1.55 bits per heavy atom. The summed E-state index contributed by atoms with van der Waals surface area (Å²) < 4.78 is 0. The van der Waals surface area contributed by atoms with Gasteiger partial charge >= 0.3 is 0 Å². The maximum atomic E-state index is 11.0. The second-order valence-electron chi connectivity index (χ2n) is 3.75. The third-order valence-electron chi connectivity index (χ3n) is 2.02. The molecule has 3 heteroatoms. The van der Waals surface area contributed by atoms with Crippen LogP contribution in [0.5, 0.6) is 0 Å². The van der Waals surface area contributed by atoms with Crippen LogP contribution in [0.15, 0.2) is 0 Å². The molecule has 1 rings (SSSR count). The van der Waals surface area contributed by atoms with Crippen LogP contribution in [-0.2, 0) is 4.79 Å². The predicted molar refractivity (Wildman–Crippen MR) is 44.3 cm³/mol. The van der Waals surface area contributed by atoms with Gasteiger partial charge in [-0.25, -0.2) is 0 Å². The SMILES string of the molecule is CC(=O)N1CCNC(C)(C)C1. The molecule has 3 nitrogen and oxygen atoms in total. The minimum Gasteiger partial charge on any atom is -0.340 e. The smallest absolute Gasteiger partial charge is 0.219 e. The molecule has 1 N–H and O–H groups in total. The van der Waals surface area contributed by atoms with Gasteiger partial charge in [0.25, 0.3) is 0 Å². The molecule has 1 saturated heterocycles. The van der Waals surface area contributed by atoms with Gasteiger partial charge in [0.15, 0.2) is 0 Å². The van der Waals surface area contributed by atoms with Gasteiger partial charge in [-0.15, -0.1) is 0 Å². The molecule has 1 aliphatic rings. The standard InChI is InChI=1S/C8H16N2O/c1-7(11)10-5-4-9-8(2,3)6-10/h9H,4-6H2,1-3H3. The van der Waals surface area contributed by atoms with Crippen LogP contribution in [0.3, 0.4) is 0 Å². The number of rotatable bonds is 0. The first-order chi connectivity index (χ1) is 5.01. The van der Waals surface area contributed by atoms with E-state index in [4.69, 9.17) is 0 Å². The summed E-state index contributed by atoms with van der Waals surface area (Å²) >= 11 is 0. The molecule has 0 unspecified atom stereocenters. The van der Waals surface area contributed by atoms with Crippen molar-refractivity contribution in [2.24, 2.45) is 0 Å². The number of piperazine rings is 1. The van der Waals surface area contributed by atoms with Crippen LogP contribution in [0.25, 0.3) is 0 Å². The predicted octanol–water partition coefficient (Wildman–Crippen LogP) is 0.217. The van der Waals surface area contributed by atoms with Gasteiger partial charge in [0, 0.05) is 32.1 Å². The molecule has 0 atom stereocenters. The monoisotopic (exact) mass is 156 g/mol. The van der Waals surface area contributed by atoms with Crippen molar-refractivity contribution in [1.29, 1.82) is 0 Å². The first kappa shape index (κ1) is 8.53. The van der Waals surface area contributed by atoms with Crippen LogP contribution >= 0.6 is 0 Å². The lowest BCUT2D eigenvalue weighted by molar-refractivity contribution is -0.130. The van der Waals surface area contributed by atoms with Crippen molar-refractivity contribution in [3.8, 4) is 0 Å². The molecule has 11 heavy (non-hydrogen) atoms. The van der Waals surface area contributed by atoms with Gasteiger partial charge in [-0.3, -0.25) is 4.79 Å². The summed E-state index contributed by atoms with van der Waals surface area (Å²) in [5.41, 5.74) is 0.0872. The molecule has 0 aliphatic carbocycles. The van der Waals surface area contributed by atoms with Crippen molar-refractivity contribution >= 4 is 5.91 Å². The largest absolute Gasteiger partial charge is 0.340 e. The lowest BCUT2D eigenvalue weighted by Gasteiger charge is -2.38. The Morgan fingerprint density at radius 2 is 2.18 bits per heavy atom. The van der Waals surface area contributed by atoms with Crippen LogP contribution in [-0.4, -0.2) is 36.0 Å². The van der Waals surface area contributed by atoms with Crippen molar-refractivity contribution in [1.82, 2.24) is 10.2 Å². The fraction of sp³-hybridized carbons (Fsp3) is 0.875. The number of hydrogen-bond acceptors (Lipinski definition) is 2. The minimum atomic E-state index is 0.0872. The van der Waals surface area contributed by atoms with Crippen molar-refractivity contribution < 1.29 is 4.79 Å². The molecule has 0 spiro atoms. The maximum absolute atomic E-state index is 11.0. The molecule has 0 aromatic heterocycles. The van der Waals surface area contributed by atoms with E-state index < -0.39 is 0 Å². The lowest BCUT2D eigenvalue weighted by Crippen LogP contribution is -2.57.